The van der Waals surface area contributed by atoms with E-state index in [9.17, 15) is 8.42 Å². The molecule has 5 rings (SSSR count). The summed E-state index contributed by atoms with van der Waals surface area (Å²) >= 11 is 0. The lowest BCUT2D eigenvalue weighted by Gasteiger charge is -2.51. The lowest BCUT2D eigenvalue weighted by molar-refractivity contribution is -0.0169. The van der Waals surface area contributed by atoms with E-state index in [1.807, 2.05) is 6.92 Å². The molecule has 4 nitrogen and oxygen atoms in total. The molecule has 3 saturated heterocycles. The zero-order valence-electron chi connectivity index (χ0n) is 12.4. The number of hydrogen-bond donors (Lipinski definition) is 1. The molecule has 4 aliphatic rings. The van der Waals surface area contributed by atoms with Gasteiger partial charge in [-0.2, -0.15) is 8.42 Å². The van der Waals surface area contributed by atoms with Gasteiger partial charge in [-0.25, -0.2) is 0 Å². The highest BCUT2D eigenvalue weighted by atomic mass is 32.2. The lowest BCUT2D eigenvalue weighted by atomic mass is 9.68. The predicted octanol–water partition coefficient (Wildman–Crippen LogP) is 2.59. The van der Waals surface area contributed by atoms with Gasteiger partial charge in [-0.15, -0.1) is 0 Å². The first-order chi connectivity index (χ1) is 9.90. The van der Waals surface area contributed by atoms with Crippen LogP contribution in [0, 0.1) is 24.7 Å². The molecule has 5 heteroatoms. The van der Waals surface area contributed by atoms with Crippen LogP contribution in [-0.2, 0) is 10.1 Å². The monoisotopic (exact) mass is 309 g/mol. The normalized spacial score (nSPS) is 33.4. The standard InChI is InChI=1S/C9H15N.C7H8O3S/c1-7-2-9-3-8(1)5-10(4-7)6-9;1-6-2-4-7(5-3-6)11(8,9)10/h7-9H,1-6H2;2-5H,1H3,(H,8,9,10). The van der Waals surface area contributed by atoms with Gasteiger partial charge in [-0.3, -0.25) is 4.55 Å². The molecule has 0 amide bonds. The van der Waals surface area contributed by atoms with E-state index in [2.05, 4.69) is 4.90 Å². The van der Waals surface area contributed by atoms with Crippen molar-refractivity contribution in [2.75, 3.05) is 19.6 Å². The molecule has 21 heavy (non-hydrogen) atoms. The van der Waals surface area contributed by atoms with Gasteiger partial charge in [0.2, 0.25) is 0 Å². The molecule has 1 aliphatic carbocycles. The number of hydrogen-bond acceptors (Lipinski definition) is 3. The molecule has 3 aliphatic heterocycles. The van der Waals surface area contributed by atoms with Crippen molar-refractivity contribution < 1.29 is 13.0 Å². The first-order valence-electron chi connectivity index (χ1n) is 7.66. The quantitative estimate of drug-likeness (QED) is 0.810. The third kappa shape index (κ3) is 3.65. The minimum atomic E-state index is -4.02. The Balaban J connectivity index is 0.000000126. The molecule has 0 radical (unpaired) electrons. The summed E-state index contributed by atoms with van der Waals surface area (Å²) in [6.07, 6.45) is 4.69. The molecule has 1 aromatic carbocycles. The van der Waals surface area contributed by atoms with Crippen LogP contribution >= 0.6 is 0 Å². The van der Waals surface area contributed by atoms with Gasteiger partial charge in [0.15, 0.2) is 0 Å². The highest BCUT2D eigenvalue weighted by Gasteiger charge is 2.40. The Kier molecular flexibility index (Phi) is 4.08. The summed E-state index contributed by atoms with van der Waals surface area (Å²) in [7, 11) is -4.02. The van der Waals surface area contributed by atoms with Crippen molar-refractivity contribution in [2.24, 2.45) is 17.8 Å². The molecule has 1 N–H and O–H groups in total. The molecule has 1 aromatic rings. The molecule has 0 atom stereocenters. The molecule has 4 fully saturated rings. The SMILES string of the molecule is C1C2CC3CC1CN(C2)C3.Cc1ccc(S(=O)(=O)O)cc1. The Bertz CT molecular complexity index is 538. The van der Waals surface area contributed by atoms with Crippen LogP contribution in [0.25, 0.3) is 0 Å². The summed E-state index contributed by atoms with van der Waals surface area (Å²) in [5.74, 6) is 3.31. The van der Waals surface area contributed by atoms with Gasteiger partial charge < -0.3 is 4.90 Å². The van der Waals surface area contributed by atoms with Gasteiger partial charge >= 0.3 is 0 Å². The number of rotatable bonds is 1. The van der Waals surface area contributed by atoms with Crippen molar-refractivity contribution in [3.05, 3.63) is 29.8 Å². The Morgan fingerprint density at radius 1 is 0.952 bits per heavy atom. The van der Waals surface area contributed by atoms with Crippen molar-refractivity contribution >= 4 is 10.1 Å². The van der Waals surface area contributed by atoms with Gasteiger partial charge in [0.05, 0.1) is 4.90 Å². The Morgan fingerprint density at radius 2 is 1.38 bits per heavy atom. The molecule has 1 saturated carbocycles. The fraction of sp³-hybridized carbons (Fsp3) is 0.625. The van der Waals surface area contributed by atoms with Gasteiger partial charge in [0.25, 0.3) is 10.1 Å². The largest absolute Gasteiger partial charge is 0.303 e. The van der Waals surface area contributed by atoms with Gasteiger partial charge in [0.1, 0.15) is 0 Å². The third-order valence-electron chi connectivity index (χ3n) is 4.87. The smallest absolute Gasteiger partial charge is 0.294 e. The van der Waals surface area contributed by atoms with Crippen LogP contribution in [-0.4, -0.2) is 37.5 Å². The summed E-state index contributed by atoms with van der Waals surface area (Å²) in [5, 5.41) is 0. The fourth-order valence-electron chi connectivity index (χ4n) is 4.18. The molecular formula is C16H23NO3S. The molecule has 0 aromatic heterocycles. The van der Waals surface area contributed by atoms with Crippen LogP contribution < -0.4 is 0 Å². The minimum absolute atomic E-state index is 0.0666. The molecule has 116 valence electrons. The van der Waals surface area contributed by atoms with Crippen LogP contribution in [0.1, 0.15) is 24.8 Å². The van der Waals surface area contributed by atoms with Gasteiger partial charge in [-0.05, 0) is 56.1 Å². The Hall–Kier alpha value is -0.910. The van der Waals surface area contributed by atoms with Gasteiger partial charge in [-0.1, -0.05) is 17.7 Å². The fourth-order valence-corrected chi connectivity index (χ4v) is 4.66. The van der Waals surface area contributed by atoms with Crippen LogP contribution in [0.2, 0.25) is 0 Å². The zero-order valence-corrected chi connectivity index (χ0v) is 13.2. The first-order valence-corrected chi connectivity index (χ1v) is 9.10. The number of aryl methyl sites for hydroxylation is 1. The van der Waals surface area contributed by atoms with E-state index in [4.69, 9.17) is 4.55 Å². The number of benzene rings is 1. The Labute approximate surface area is 126 Å². The third-order valence-corrected chi connectivity index (χ3v) is 5.74. The van der Waals surface area contributed by atoms with Crippen molar-refractivity contribution in [1.29, 1.82) is 0 Å². The minimum Gasteiger partial charge on any atom is -0.303 e. The second-order valence-corrected chi connectivity index (χ2v) is 8.23. The van der Waals surface area contributed by atoms with Crippen LogP contribution in [0.4, 0.5) is 0 Å². The summed E-state index contributed by atoms with van der Waals surface area (Å²) in [4.78, 5) is 2.62. The maximum Gasteiger partial charge on any atom is 0.294 e. The van der Waals surface area contributed by atoms with Crippen LogP contribution in [0.15, 0.2) is 29.2 Å². The average Bonchev–Trinajstić information content (AvgIpc) is 2.37. The molecule has 0 unspecified atom stereocenters. The zero-order chi connectivity index (χ0) is 15.0. The molecule has 0 spiro atoms. The molecular weight excluding hydrogens is 286 g/mol. The van der Waals surface area contributed by atoms with Gasteiger partial charge in [0, 0.05) is 19.6 Å². The highest BCUT2D eigenvalue weighted by Crippen LogP contribution is 2.42. The van der Waals surface area contributed by atoms with Crippen LogP contribution in [0.5, 0.6) is 0 Å². The van der Waals surface area contributed by atoms with E-state index in [-0.39, 0.29) is 4.90 Å². The second-order valence-electron chi connectivity index (χ2n) is 6.81. The highest BCUT2D eigenvalue weighted by molar-refractivity contribution is 7.85. The van der Waals surface area contributed by atoms with E-state index >= 15 is 0 Å². The van der Waals surface area contributed by atoms with E-state index in [1.165, 1.54) is 31.8 Å². The summed E-state index contributed by atoms with van der Waals surface area (Å²) in [5.41, 5.74) is 0.956. The number of nitrogens with zero attached hydrogens (tertiary/aromatic N) is 1. The van der Waals surface area contributed by atoms with Crippen molar-refractivity contribution in [1.82, 2.24) is 4.90 Å². The number of piperidine rings is 3. The predicted molar refractivity (Wildman–Crippen MR) is 81.8 cm³/mol. The summed E-state index contributed by atoms with van der Waals surface area (Å²) in [6.45, 7) is 6.15. The maximum atomic E-state index is 10.5. The molecule has 4 bridgehead atoms. The topological polar surface area (TPSA) is 57.6 Å². The van der Waals surface area contributed by atoms with Crippen molar-refractivity contribution in [3.8, 4) is 0 Å². The molecule has 3 heterocycles. The van der Waals surface area contributed by atoms with Crippen LogP contribution in [0.3, 0.4) is 0 Å². The summed E-state index contributed by atoms with van der Waals surface area (Å²) in [6, 6.07) is 5.99. The summed E-state index contributed by atoms with van der Waals surface area (Å²) < 4.78 is 29.6. The second kappa shape index (κ2) is 5.71. The maximum absolute atomic E-state index is 10.5. The van der Waals surface area contributed by atoms with E-state index in [1.54, 1.807) is 31.4 Å². The van der Waals surface area contributed by atoms with Crippen molar-refractivity contribution in [3.63, 3.8) is 0 Å². The lowest BCUT2D eigenvalue weighted by Crippen LogP contribution is -2.53. The van der Waals surface area contributed by atoms with E-state index in [0.717, 1.165) is 23.3 Å². The van der Waals surface area contributed by atoms with E-state index in [0.29, 0.717) is 0 Å². The first kappa shape index (κ1) is 15.0. The Morgan fingerprint density at radius 3 is 1.71 bits per heavy atom. The van der Waals surface area contributed by atoms with E-state index < -0.39 is 10.1 Å². The van der Waals surface area contributed by atoms with Crippen molar-refractivity contribution in [2.45, 2.75) is 31.1 Å². The average molecular weight is 309 g/mol.